The Morgan fingerprint density at radius 2 is 2.05 bits per heavy atom. The van der Waals surface area contributed by atoms with E-state index in [1.165, 1.54) is 18.5 Å². The molecule has 1 aromatic heterocycles. The summed E-state index contributed by atoms with van der Waals surface area (Å²) in [6, 6.07) is 6.01. The molecule has 9 heteroatoms. The van der Waals surface area contributed by atoms with Gasteiger partial charge in [0.05, 0.1) is 11.4 Å². The molecule has 0 amide bonds. The van der Waals surface area contributed by atoms with Gasteiger partial charge in [-0.05, 0) is 12.1 Å². The lowest BCUT2D eigenvalue weighted by atomic mass is 10.2. The quantitative estimate of drug-likeness (QED) is 0.665. The molecule has 100 valence electrons. The van der Waals surface area contributed by atoms with Crippen LogP contribution in [0.4, 0.5) is 0 Å². The summed E-state index contributed by atoms with van der Waals surface area (Å²) in [5, 5.41) is 6.19. The van der Waals surface area contributed by atoms with Crippen LogP contribution < -0.4 is 10.5 Å². The molecule has 0 saturated carbocycles. The van der Waals surface area contributed by atoms with Crippen molar-refractivity contribution in [1.82, 2.24) is 19.9 Å². The van der Waals surface area contributed by atoms with Gasteiger partial charge in [-0.25, -0.2) is 18.1 Å². The van der Waals surface area contributed by atoms with Crippen LogP contribution in [0.3, 0.4) is 0 Å². The second-order valence-electron chi connectivity index (χ2n) is 3.65. The maximum absolute atomic E-state index is 12.0. The molecule has 0 atom stereocenters. The van der Waals surface area contributed by atoms with Crippen LogP contribution in [-0.4, -0.2) is 28.6 Å². The summed E-state index contributed by atoms with van der Waals surface area (Å²) in [6.45, 7) is 0.0411. The highest BCUT2D eigenvalue weighted by molar-refractivity contribution is 7.89. The lowest BCUT2D eigenvalue weighted by molar-refractivity contribution is 0.579. The van der Waals surface area contributed by atoms with Crippen molar-refractivity contribution >= 4 is 27.2 Å². The van der Waals surface area contributed by atoms with Crippen LogP contribution in [-0.2, 0) is 16.6 Å². The molecule has 0 unspecified atom stereocenters. The number of benzene rings is 1. The van der Waals surface area contributed by atoms with E-state index in [9.17, 15) is 8.42 Å². The van der Waals surface area contributed by atoms with E-state index in [4.69, 9.17) is 18.0 Å². The molecule has 1 heterocycles. The monoisotopic (exact) mass is 297 g/mol. The van der Waals surface area contributed by atoms with E-state index < -0.39 is 10.0 Å². The Hall–Kier alpha value is -1.84. The summed E-state index contributed by atoms with van der Waals surface area (Å²) < 4.78 is 26.3. The van der Waals surface area contributed by atoms with E-state index in [2.05, 4.69) is 19.9 Å². The zero-order chi connectivity index (χ0) is 13.9. The fraction of sp³-hybridized carbons (Fsp3) is 0.100. The number of nitrogens with one attached hydrogen (secondary N) is 2. The van der Waals surface area contributed by atoms with Crippen molar-refractivity contribution in [2.45, 2.75) is 11.4 Å². The summed E-state index contributed by atoms with van der Waals surface area (Å²) in [4.78, 5) is 4.18. The Morgan fingerprint density at radius 1 is 1.37 bits per heavy atom. The van der Waals surface area contributed by atoms with Crippen LogP contribution in [0.15, 0.2) is 35.5 Å². The number of hydrogen-bond donors (Lipinski definition) is 3. The fourth-order valence-electron chi connectivity index (χ4n) is 1.36. The van der Waals surface area contributed by atoms with Gasteiger partial charge in [-0.1, -0.05) is 24.4 Å². The van der Waals surface area contributed by atoms with E-state index >= 15 is 0 Å². The Bertz CT molecular complexity index is 664. The smallest absolute Gasteiger partial charge is 0.240 e. The lowest BCUT2D eigenvalue weighted by Crippen LogP contribution is -2.24. The Labute approximate surface area is 115 Å². The Balaban J connectivity index is 2.13. The van der Waals surface area contributed by atoms with E-state index in [0.717, 1.165) is 0 Å². The topological polar surface area (TPSA) is 114 Å². The molecular weight excluding hydrogens is 286 g/mol. The number of hydrogen-bond acceptors (Lipinski definition) is 5. The van der Waals surface area contributed by atoms with Crippen molar-refractivity contribution < 1.29 is 8.42 Å². The average Bonchev–Trinajstić information content (AvgIpc) is 2.90. The summed E-state index contributed by atoms with van der Waals surface area (Å²) >= 11 is 4.80. The maximum Gasteiger partial charge on any atom is 0.240 e. The number of nitrogens with two attached hydrogens (primary N) is 1. The van der Waals surface area contributed by atoms with Gasteiger partial charge in [-0.2, -0.15) is 5.10 Å². The second-order valence-corrected chi connectivity index (χ2v) is 5.85. The molecule has 0 spiro atoms. The van der Waals surface area contributed by atoms with Crippen molar-refractivity contribution in [2.24, 2.45) is 5.73 Å². The normalized spacial score (nSPS) is 11.4. The zero-order valence-corrected chi connectivity index (χ0v) is 11.3. The van der Waals surface area contributed by atoms with Crippen LogP contribution in [0.2, 0.25) is 0 Å². The average molecular weight is 297 g/mol. The van der Waals surface area contributed by atoms with E-state index in [-0.39, 0.29) is 16.4 Å². The van der Waals surface area contributed by atoms with Crippen molar-refractivity contribution in [3.05, 3.63) is 42.0 Å². The molecule has 19 heavy (non-hydrogen) atoms. The van der Waals surface area contributed by atoms with Gasteiger partial charge in [0.25, 0.3) is 0 Å². The molecule has 1 aromatic carbocycles. The maximum atomic E-state index is 12.0. The van der Waals surface area contributed by atoms with Gasteiger partial charge in [0, 0.05) is 5.56 Å². The first-order chi connectivity index (χ1) is 8.99. The van der Waals surface area contributed by atoms with Gasteiger partial charge in [-0.15, -0.1) is 0 Å². The van der Waals surface area contributed by atoms with Crippen LogP contribution >= 0.6 is 12.2 Å². The SMILES string of the molecule is NC(=S)c1ccc(S(=O)(=O)NCc2ncn[nH]2)cc1. The van der Waals surface area contributed by atoms with Crippen LogP contribution in [0, 0.1) is 0 Å². The van der Waals surface area contributed by atoms with Gasteiger partial charge in [-0.3, -0.25) is 5.10 Å². The number of sulfonamides is 1. The standard InChI is InChI=1S/C10H11N5O2S2/c11-10(18)7-1-3-8(4-2-7)19(16,17)14-5-9-12-6-13-15-9/h1-4,6,14H,5H2,(H2,11,18)(H,12,13,15). The zero-order valence-electron chi connectivity index (χ0n) is 9.70. The molecule has 0 fully saturated rings. The summed E-state index contributed by atoms with van der Waals surface area (Å²) in [5.41, 5.74) is 6.06. The number of nitrogens with zero attached hydrogens (tertiary/aromatic N) is 2. The number of rotatable bonds is 5. The highest BCUT2D eigenvalue weighted by atomic mass is 32.2. The molecule has 7 nitrogen and oxygen atoms in total. The summed E-state index contributed by atoms with van der Waals surface area (Å²) in [6.07, 6.45) is 1.31. The third kappa shape index (κ3) is 3.34. The number of thiocarbonyl (C=S) groups is 1. The molecule has 0 aliphatic rings. The van der Waals surface area contributed by atoms with Gasteiger partial charge < -0.3 is 5.73 Å². The predicted molar refractivity (Wildman–Crippen MR) is 72.7 cm³/mol. The predicted octanol–water partition coefficient (Wildman–Crippen LogP) is -0.0826. The molecule has 0 aliphatic heterocycles. The molecule has 4 N–H and O–H groups in total. The summed E-state index contributed by atoms with van der Waals surface area (Å²) in [5.74, 6) is 0.434. The molecule has 2 rings (SSSR count). The van der Waals surface area contributed by atoms with Crippen molar-refractivity contribution in [3.63, 3.8) is 0 Å². The molecule has 2 aromatic rings. The van der Waals surface area contributed by atoms with E-state index in [1.807, 2.05) is 0 Å². The van der Waals surface area contributed by atoms with Gasteiger partial charge in [0.2, 0.25) is 10.0 Å². The molecule has 0 saturated heterocycles. The highest BCUT2D eigenvalue weighted by Crippen LogP contribution is 2.10. The fourth-order valence-corrected chi connectivity index (χ4v) is 2.48. The second kappa shape index (κ2) is 5.43. The van der Waals surface area contributed by atoms with E-state index in [0.29, 0.717) is 11.4 Å². The third-order valence-corrected chi connectivity index (χ3v) is 4.00. The largest absolute Gasteiger partial charge is 0.389 e. The lowest BCUT2D eigenvalue weighted by Gasteiger charge is -2.06. The first-order valence-electron chi connectivity index (χ1n) is 5.23. The minimum Gasteiger partial charge on any atom is -0.389 e. The number of aromatic nitrogens is 3. The Morgan fingerprint density at radius 3 is 2.58 bits per heavy atom. The summed E-state index contributed by atoms with van der Waals surface area (Å²) in [7, 11) is -3.60. The van der Waals surface area contributed by atoms with Gasteiger partial charge in [0.15, 0.2) is 0 Å². The van der Waals surface area contributed by atoms with Crippen LogP contribution in [0.25, 0.3) is 0 Å². The minimum absolute atomic E-state index is 0.0411. The van der Waals surface area contributed by atoms with Crippen molar-refractivity contribution in [2.75, 3.05) is 0 Å². The van der Waals surface area contributed by atoms with E-state index in [1.54, 1.807) is 12.1 Å². The first-order valence-corrected chi connectivity index (χ1v) is 7.12. The Kier molecular flexibility index (Phi) is 3.88. The molecule has 0 radical (unpaired) electrons. The van der Waals surface area contributed by atoms with Gasteiger partial charge in [0.1, 0.15) is 17.1 Å². The molecule has 0 bridgehead atoms. The van der Waals surface area contributed by atoms with Crippen LogP contribution in [0.1, 0.15) is 11.4 Å². The number of H-pyrrole nitrogens is 1. The highest BCUT2D eigenvalue weighted by Gasteiger charge is 2.14. The van der Waals surface area contributed by atoms with Crippen molar-refractivity contribution in [1.29, 1.82) is 0 Å². The van der Waals surface area contributed by atoms with Crippen LogP contribution in [0.5, 0.6) is 0 Å². The molecule has 0 aliphatic carbocycles. The first kappa shape index (κ1) is 13.6. The number of aromatic amines is 1. The van der Waals surface area contributed by atoms with Gasteiger partial charge >= 0.3 is 0 Å². The van der Waals surface area contributed by atoms with Crippen molar-refractivity contribution in [3.8, 4) is 0 Å². The third-order valence-electron chi connectivity index (χ3n) is 2.34. The molecular formula is C10H11N5O2S2. The minimum atomic E-state index is -3.60.